The first-order chi connectivity index (χ1) is 21.8. The number of para-hydroxylation sites is 3. The molecule has 0 fully saturated rings. The second kappa shape index (κ2) is 9.86. The molecule has 7 aromatic carbocycles. The van der Waals surface area contributed by atoms with Gasteiger partial charge in [-0.05, 0) is 63.7 Å². The SMILES string of the molecule is c1ccc(-c2cccc(-c3ccc(-c4cc(-c5cccc6c5oc5ccccc56)c5oc6ccccc6c5c4)cc3)c2)cc1. The maximum atomic E-state index is 6.53. The Morgan fingerprint density at radius 3 is 1.48 bits per heavy atom. The molecule has 0 saturated heterocycles. The lowest BCUT2D eigenvalue weighted by Gasteiger charge is -2.10. The molecular weight excluding hydrogens is 536 g/mol. The smallest absolute Gasteiger partial charge is 0.143 e. The van der Waals surface area contributed by atoms with Crippen molar-refractivity contribution in [3.05, 3.63) is 158 Å². The first kappa shape index (κ1) is 24.7. The van der Waals surface area contributed by atoms with Crippen LogP contribution in [0.25, 0.3) is 88.4 Å². The maximum absolute atomic E-state index is 6.53. The van der Waals surface area contributed by atoms with Crippen molar-refractivity contribution < 1.29 is 8.83 Å². The van der Waals surface area contributed by atoms with Gasteiger partial charge in [0, 0.05) is 32.7 Å². The molecule has 0 radical (unpaired) electrons. The fourth-order valence-corrected chi connectivity index (χ4v) is 6.52. The molecule has 2 aromatic heterocycles. The van der Waals surface area contributed by atoms with Gasteiger partial charge >= 0.3 is 0 Å². The van der Waals surface area contributed by atoms with E-state index in [1.807, 2.05) is 24.3 Å². The van der Waals surface area contributed by atoms with Crippen LogP contribution in [-0.4, -0.2) is 0 Å². The van der Waals surface area contributed by atoms with Gasteiger partial charge in [0.1, 0.15) is 22.3 Å². The quantitative estimate of drug-likeness (QED) is 0.213. The van der Waals surface area contributed by atoms with Gasteiger partial charge in [-0.25, -0.2) is 0 Å². The van der Waals surface area contributed by atoms with Crippen LogP contribution in [0.3, 0.4) is 0 Å². The van der Waals surface area contributed by atoms with Crippen LogP contribution in [0.5, 0.6) is 0 Å². The molecule has 0 aliphatic rings. The van der Waals surface area contributed by atoms with Crippen molar-refractivity contribution in [1.82, 2.24) is 0 Å². The van der Waals surface area contributed by atoms with E-state index in [2.05, 4.69) is 133 Å². The number of hydrogen-bond acceptors (Lipinski definition) is 2. The third kappa shape index (κ3) is 3.96. The zero-order valence-electron chi connectivity index (χ0n) is 23.8. The van der Waals surface area contributed by atoms with E-state index in [4.69, 9.17) is 8.83 Å². The van der Waals surface area contributed by atoms with E-state index in [0.29, 0.717) is 0 Å². The van der Waals surface area contributed by atoms with Crippen molar-refractivity contribution in [2.75, 3.05) is 0 Å². The minimum absolute atomic E-state index is 0.872. The molecule has 9 rings (SSSR count). The Balaban J connectivity index is 1.21. The van der Waals surface area contributed by atoms with Gasteiger partial charge in [-0.3, -0.25) is 0 Å². The van der Waals surface area contributed by atoms with Crippen molar-refractivity contribution in [2.45, 2.75) is 0 Å². The fraction of sp³-hybridized carbons (Fsp3) is 0. The molecule has 0 N–H and O–H groups in total. The molecule has 0 aliphatic heterocycles. The summed E-state index contributed by atoms with van der Waals surface area (Å²) >= 11 is 0. The van der Waals surface area contributed by atoms with Gasteiger partial charge in [-0.1, -0.05) is 127 Å². The molecule has 0 spiro atoms. The molecule has 0 aliphatic carbocycles. The lowest BCUT2D eigenvalue weighted by atomic mass is 9.93. The van der Waals surface area contributed by atoms with E-state index >= 15 is 0 Å². The lowest BCUT2D eigenvalue weighted by Crippen LogP contribution is -1.86. The second-order valence-electron chi connectivity index (χ2n) is 11.3. The Kier molecular flexibility index (Phi) is 5.54. The van der Waals surface area contributed by atoms with Gasteiger partial charge < -0.3 is 8.83 Å². The number of benzene rings is 7. The summed E-state index contributed by atoms with van der Waals surface area (Å²) in [5.74, 6) is 0. The number of rotatable bonds is 4. The summed E-state index contributed by atoms with van der Waals surface area (Å²) < 4.78 is 13.0. The van der Waals surface area contributed by atoms with Gasteiger partial charge in [0.25, 0.3) is 0 Å². The molecule has 2 nitrogen and oxygen atoms in total. The van der Waals surface area contributed by atoms with Gasteiger partial charge in [0.2, 0.25) is 0 Å². The van der Waals surface area contributed by atoms with Gasteiger partial charge in [0.05, 0.1) is 0 Å². The first-order valence-corrected chi connectivity index (χ1v) is 14.9. The molecule has 0 atom stereocenters. The van der Waals surface area contributed by atoms with Crippen LogP contribution in [0.15, 0.2) is 167 Å². The largest absolute Gasteiger partial charge is 0.455 e. The topological polar surface area (TPSA) is 26.3 Å². The summed E-state index contributed by atoms with van der Waals surface area (Å²) in [6.45, 7) is 0. The van der Waals surface area contributed by atoms with Gasteiger partial charge in [0.15, 0.2) is 0 Å². The van der Waals surface area contributed by atoms with E-state index in [9.17, 15) is 0 Å². The Morgan fingerprint density at radius 1 is 0.273 bits per heavy atom. The number of furan rings is 2. The summed E-state index contributed by atoms with van der Waals surface area (Å²) in [6.07, 6.45) is 0. The summed E-state index contributed by atoms with van der Waals surface area (Å²) in [5, 5.41) is 4.43. The summed E-state index contributed by atoms with van der Waals surface area (Å²) in [5.41, 5.74) is 12.7. The summed E-state index contributed by atoms with van der Waals surface area (Å²) in [4.78, 5) is 0. The third-order valence-electron chi connectivity index (χ3n) is 8.69. The molecule has 2 heterocycles. The van der Waals surface area contributed by atoms with Crippen molar-refractivity contribution in [1.29, 1.82) is 0 Å². The molecular formula is C42H26O2. The van der Waals surface area contributed by atoms with E-state index in [1.165, 1.54) is 22.3 Å². The average Bonchev–Trinajstić information content (AvgIpc) is 3.67. The molecule has 9 aromatic rings. The van der Waals surface area contributed by atoms with Crippen LogP contribution in [-0.2, 0) is 0 Å². The first-order valence-electron chi connectivity index (χ1n) is 14.9. The van der Waals surface area contributed by atoms with E-state index in [-0.39, 0.29) is 0 Å². The van der Waals surface area contributed by atoms with E-state index in [1.54, 1.807) is 0 Å². The molecule has 0 bridgehead atoms. The zero-order chi connectivity index (χ0) is 29.0. The van der Waals surface area contributed by atoms with Crippen molar-refractivity contribution in [2.24, 2.45) is 0 Å². The van der Waals surface area contributed by atoms with Crippen LogP contribution in [0.1, 0.15) is 0 Å². The maximum Gasteiger partial charge on any atom is 0.143 e. The van der Waals surface area contributed by atoms with Crippen LogP contribution in [0, 0.1) is 0 Å². The lowest BCUT2D eigenvalue weighted by molar-refractivity contribution is 0.665. The molecule has 44 heavy (non-hydrogen) atoms. The van der Waals surface area contributed by atoms with Crippen LogP contribution < -0.4 is 0 Å². The highest BCUT2D eigenvalue weighted by atomic mass is 16.3. The predicted octanol–water partition coefficient (Wildman–Crippen LogP) is 12.2. The Morgan fingerprint density at radius 2 is 0.773 bits per heavy atom. The molecule has 206 valence electrons. The Hall–Kier alpha value is -5.86. The van der Waals surface area contributed by atoms with Crippen LogP contribution in [0.4, 0.5) is 0 Å². The highest BCUT2D eigenvalue weighted by Gasteiger charge is 2.19. The van der Waals surface area contributed by atoms with E-state index in [0.717, 1.165) is 66.1 Å². The molecule has 0 unspecified atom stereocenters. The highest BCUT2D eigenvalue weighted by molar-refractivity contribution is 6.16. The Labute approximate surface area is 254 Å². The van der Waals surface area contributed by atoms with Crippen molar-refractivity contribution >= 4 is 43.9 Å². The number of fused-ring (bicyclic) bond motifs is 6. The molecule has 2 heteroatoms. The number of hydrogen-bond donors (Lipinski definition) is 0. The normalized spacial score (nSPS) is 11.6. The minimum Gasteiger partial charge on any atom is -0.455 e. The third-order valence-corrected chi connectivity index (χ3v) is 8.69. The molecule has 0 amide bonds. The molecule has 0 saturated carbocycles. The van der Waals surface area contributed by atoms with Crippen molar-refractivity contribution in [3.63, 3.8) is 0 Å². The summed E-state index contributed by atoms with van der Waals surface area (Å²) in [7, 11) is 0. The van der Waals surface area contributed by atoms with Gasteiger partial charge in [-0.15, -0.1) is 0 Å². The van der Waals surface area contributed by atoms with Crippen molar-refractivity contribution in [3.8, 4) is 44.5 Å². The average molecular weight is 563 g/mol. The minimum atomic E-state index is 0.872. The van der Waals surface area contributed by atoms with Gasteiger partial charge in [-0.2, -0.15) is 0 Å². The fourth-order valence-electron chi connectivity index (χ4n) is 6.52. The summed E-state index contributed by atoms with van der Waals surface area (Å²) in [6, 6.07) is 55.5. The predicted molar refractivity (Wildman–Crippen MR) is 183 cm³/mol. The van der Waals surface area contributed by atoms with Crippen LogP contribution >= 0.6 is 0 Å². The Bertz CT molecular complexity index is 2480. The second-order valence-corrected chi connectivity index (χ2v) is 11.3. The highest BCUT2D eigenvalue weighted by Crippen LogP contribution is 2.43. The standard InChI is InChI=1S/C42H26O2/c1-2-10-27(11-3-1)30-12-8-13-31(24-30)28-20-22-29(23-21-28)32-25-37-34-15-5-7-19-40(34)44-42(37)38(26-32)36-17-9-16-35-33-14-4-6-18-39(33)43-41(35)36/h1-26H. The monoisotopic (exact) mass is 562 g/mol. The van der Waals surface area contributed by atoms with Crippen LogP contribution in [0.2, 0.25) is 0 Å². The van der Waals surface area contributed by atoms with E-state index < -0.39 is 0 Å². The zero-order valence-corrected chi connectivity index (χ0v) is 23.8.